The van der Waals surface area contributed by atoms with Crippen molar-refractivity contribution in [1.82, 2.24) is 4.98 Å². The molecule has 1 atom stereocenters. The number of nitrogens with two attached hydrogens (primary N) is 1. The molecule has 0 spiro atoms. The third-order valence-electron chi connectivity index (χ3n) is 2.62. The first kappa shape index (κ1) is 14.2. The van der Waals surface area contributed by atoms with Gasteiger partial charge in [0.2, 0.25) is 0 Å². The molecular weight excluding hydrogens is 298 g/mol. The Hall–Kier alpha value is -1.17. The van der Waals surface area contributed by atoms with Crippen LogP contribution in [0.5, 0.6) is 0 Å². The molecule has 100 valence electrons. The lowest BCUT2D eigenvalue weighted by Crippen LogP contribution is -2.12. The van der Waals surface area contributed by atoms with Crippen LogP contribution in [0.2, 0.25) is 4.34 Å². The van der Waals surface area contributed by atoms with E-state index >= 15 is 0 Å². The quantitative estimate of drug-likeness (QED) is 0.841. The van der Waals surface area contributed by atoms with Crippen molar-refractivity contribution in [2.45, 2.75) is 19.9 Å². The molecule has 0 amide bonds. The third kappa shape index (κ3) is 3.65. The van der Waals surface area contributed by atoms with Crippen LogP contribution in [0.3, 0.4) is 0 Å². The van der Waals surface area contributed by atoms with E-state index in [0.29, 0.717) is 4.99 Å². The monoisotopic (exact) mass is 311 g/mol. The molecule has 1 unspecified atom stereocenters. The summed E-state index contributed by atoms with van der Waals surface area (Å²) in [7, 11) is 0. The van der Waals surface area contributed by atoms with Crippen molar-refractivity contribution in [2.24, 2.45) is 5.73 Å². The summed E-state index contributed by atoms with van der Waals surface area (Å²) in [6.07, 6.45) is 0. The summed E-state index contributed by atoms with van der Waals surface area (Å²) < 4.78 is 0.782. The number of aryl methyl sites for hydroxylation is 1. The molecule has 0 saturated heterocycles. The number of rotatable bonds is 4. The highest BCUT2D eigenvalue weighted by atomic mass is 35.5. The molecule has 0 bridgehead atoms. The third-order valence-corrected chi connectivity index (χ3v) is 4.27. The van der Waals surface area contributed by atoms with Crippen LogP contribution in [0.15, 0.2) is 24.3 Å². The minimum absolute atomic E-state index is 0.131. The lowest BCUT2D eigenvalue weighted by molar-refractivity contribution is 0.893. The van der Waals surface area contributed by atoms with Gasteiger partial charge >= 0.3 is 0 Å². The molecule has 2 rings (SSSR count). The van der Waals surface area contributed by atoms with Crippen molar-refractivity contribution in [3.8, 4) is 0 Å². The van der Waals surface area contributed by atoms with Gasteiger partial charge in [0.25, 0.3) is 0 Å². The van der Waals surface area contributed by atoms with E-state index in [1.165, 1.54) is 0 Å². The fourth-order valence-electron chi connectivity index (χ4n) is 1.74. The molecule has 2 aromatic rings. The van der Waals surface area contributed by atoms with Gasteiger partial charge in [-0.25, -0.2) is 4.98 Å². The van der Waals surface area contributed by atoms with Gasteiger partial charge in [0, 0.05) is 16.1 Å². The van der Waals surface area contributed by atoms with E-state index < -0.39 is 0 Å². The predicted molar refractivity (Wildman–Crippen MR) is 86.2 cm³/mol. The van der Waals surface area contributed by atoms with Crippen molar-refractivity contribution >= 4 is 46.0 Å². The average Bonchev–Trinajstić information content (AvgIpc) is 2.75. The number of hydrogen-bond donors (Lipinski definition) is 2. The second-order valence-electron chi connectivity index (χ2n) is 4.25. The smallest absolute Gasteiger partial charge is 0.127 e. The van der Waals surface area contributed by atoms with Gasteiger partial charge in [-0.1, -0.05) is 23.8 Å². The fraction of sp³-hybridized carbons (Fsp3) is 0.231. The van der Waals surface area contributed by atoms with Gasteiger partial charge in [-0.05, 0) is 38.1 Å². The first-order chi connectivity index (χ1) is 8.95. The molecule has 0 saturated carbocycles. The topological polar surface area (TPSA) is 50.9 Å². The molecule has 0 aliphatic heterocycles. The van der Waals surface area contributed by atoms with Crippen LogP contribution in [0.25, 0.3) is 0 Å². The second-order valence-corrected chi connectivity index (χ2v) is 6.44. The lowest BCUT2D eigenvalue weighted by atomic mass is 10.2. The highest BCUT2D eigenvalue weighted by Gasteiger charge is 2.10. The van der Waals surface area contributed by atoms with Gasteiger partial charge in [0.1, 0.15) is 10.8 Å². The average molecular weight is 312 g/mol. The van der Waals surface area contributed by atoms with E-state index in [1.54, 1.807) is 11.3 Å². The molecule has 0 aliphatic rings. The van der Waals surface area contributed by atoms with Crippen LogP contribution in [-0.4, -0.2) is 9.97 Å². The largest absolute Gasteiger partial charge is 0.389 e. The summed E-state index contributed by atoms with van der Waals surface area (Å²) >= 11 is 12.5. The van der Waals surface area contributed by atoms with E-state index in [9.17, 15) is 0 Å². The standard InChI is InChI=1S/C13H14ClN3S2/c1-7-5-9(13(15)18)6-12(16-7)17-8(2)10-3-4-11(14)19-10/h3-6,8H,1-2H3,(H2,15,18)(H,16,17). The van der Waals surface area contributed by atoms with Gasteiger partial charge < -0.3 is 11.1 Å². The van der Waals surface area contributed by atoms with Crippen molar-refractivity contribution in [2.75, 3.05) is 5.32 Å². The highest BCUT2D eigenvalue weighted by Crippen LogP contribution is 2.28. The van der Waals surface area contributed by atoms with Crippen molar-refractivity contribution in [3.63, 3.8) is 0 Å². The number of aromatic nitrogens is 1. The van der Waals surface area contributed by atoms with Crippen LogP contribution in [0, 0.1) is 6.92 Å². The van der Waals surface area contributed by atoms with Gasteiger partial charge in [-0.3, -0.25) is 0 Å². The first-order valence-electron chi connectivity index (χ1n) is 5.76. The fourth-order valence-corrected chi connectivity index (χ4v) is 2.92. The molecule has 0 fully saturated rings. The number of anilines is 1. The van der Waals surface area contributed by atoms with Crippen LogP contribution < -0.4 is 11.1 Å². The van der Waals surface area contributed by atoms with Crippen LogP contribution in [-0.2, 0) is 0 Å². The van der Waals surface area contributed by atoms with Gasteiger partial charge in [-0.2, -0.15) is 0 Å². The van der Waals surface area contributed by atoms with Crippen molar-refractivity contribution < 1.29 is 0 Å². The summed E-state index contributed by atoms with van der Waals surface area (Å²) in [5.74, 6) is 0.764. The molecule has 0 radical (unpaired) electrons. The van der Waals surface area contributed by atoms with Crippen LogP contribution >= 0.6 is 35.2 Å². The predicted octanol–water partition coefficient (Wildman–Crippen LogP) is 3.91. The summed E-state index contributed by atoms with van der Waals surface area (Å²) in [6.45, 7) is 3.98. The maximum Gasteiger partial charge on any atom is 0.127 e. The van der Waals surface area contributed by atoms with E-state index in [2.05, 4.69) is 17.2 Å². The number of thiophene rings is 1. The molecule has 19 heavy (non-hydrogen) atoms. The number of nitrogens with zero attached hydrogens (tertiary/aromatic N) is 1. The van der Waals surface area contributed by atoms with E-state index in [4.69, 9.17) is 29.6 Å². The van der Waals surface area contributed by atoms with Gasteiger partial charge in [0.15, 0.2) is 0 Å². The number of nitrogens with one attached hydrogen (secondary N) is 1. The Labute approximate surface area is 126 Å². The number of hydrogen-bond acceptors (Lipinski definition) is 4. The highest BCUT2D eigenvalue weighted by molar-refractivity contribution is 7.80. The SMILES string of the molecule is Cc1cc(C(N)=S)cc(NC(C)c2ccc(Cl)s2)n1. The Bertz CT molecular complexity index is 610. The summed E-state index contributed by atoms with van der Waals surface area (Å²) in [4.78, 5) is 5.97. The zero-order valence-corrected chi connectivity index (χ0v) is 13.0. The molecule has 3 nitrogen and oxygen atoms in total. The number of thiocarbonyl (C=S) groups is 1. The van der Waals surface area contributed by atoms with Crippen LogP contribution in [0.4, 0.5) is 5.82 Å². The molecule has 6 heteroatoms. The maximum atomic E-state index is 5.94. The molecule has 0 aliphatic carbocycles. The summed E-state index contributed by atoms with van der Waals surface area (Å²) in [6, 6.07) is 7.77. The molecule has 2 heterocycles. The molecule has 2 aromatic heterocycles. The van der Waals surface area contributed by atoms with Crippen LogP contribution in [0.1, 0.15) is 29.1 Å². The van der Waals surface area contributed by atoms with E-state index in [0.717, 1.165) is 26.3 Å². The zero-order chi connectivity index (χ0) is 14.0. The normalized spacial score (nSPS) is 12.2. The van der Waals surface area contributed by atoms with Gasteiger partial charge in [0.05, 0.1) is 10.4 Å². The molecule has 0 aromatic carbocycles. The molecular formula is C13H14ClN3S2. The lowest BCUT2D eigenvalue weighted by Gasteiger charge is -2.14. The molecule has 3 N–H and O–H groups in total. The van der Waals surface area contributed by atoms with Crippen molar-refractivity contribution in [1.29, 1.82) is 0 Å². The Balaban J connectivity index is 2.21. The first-order valence-corrected chi connectivity index (χ1v) is 7.36. The second kappa shape index (κ2) is 5.86. The van der Waals surface area contributed by atoms with E-state index in [-0.39, 0.29) is 6.04 Å². The zero-order valence-electron chi connectivity index (χ0n) is 10.6. The minimum Gasteiger partial charge on any atom is -0.389 e. The number of pyridine rings is 1. The Kier molecular flexibility index (Phi) is 4.39. The summed E-state index contributed by atoms with van der Waals surface area (Å²) in [5, 5.41) is 3.33. The van der Waals surface area contributed by atoms with Gasteiger partial charge in [-0.15, -0.1) is 11.3 Å². The number of halogens is 1. The Morgan fingerprint density at radius 3 is 2.79 bits per heavy atom. The van der Waals surface area contributed by atoms with E-state index in [1.807, 2.05) is 31.2 Å². The van der Waals surface area contributed by atoms with Crippen molar-refractivity contribution in [3.05, 3.63) is 44.7 Å². The maximum absolute atomic E-state index is 5.94. The Morgan fingerprint density at radius 1 is 1.47 bits per heavy atom. The minimum atomic E-state index is 0.131. The summed E-state index contributed by atoms with van der Waals surface area (Å²) in [5.41, 5.74) is 7.36. The Morgan fingerprint density at radius 2 is 2.21 bits per heavy atom.